The number of halogens is 3. The fourth-order valence-electron chi connectivity index (χ4n) is 1.77. The van der Waals surface area contributed by atoms with Gasteiger partial charge in [-0.05, 0) is 23.6 Å². The molecule has 0 aliphatic carbocycles. The third kappa shape index (κ3) is 2.03. The van der Waals surface area contributed by atoms with Gasteiger partial charge >= 0.3 is 12.1 Å². The highest BCUT2D eigenvalue weighted by atomic mass is 19.4. The van der Waals surface area contributed by atoms with Crippen molar-refractivity contribution in [2.24, 2.45) is 0 Å². The molecule has 2 nitrogen and oxygen atoms in total. The van der Waals surface area contributed by atoms with Crippen molar-refractivity contribution in [2.75, 3.05) is 6.54 Å². The lowest BCUT2D eigenvalue weighted by molar-refractivity contribution is -0.186. The van der Waals surface area contributed by atoms with E-state index in [2.05, 4.69) is 6.07 Å². The van der Waals surface area contributed by atoms with E-state index >= 15 is 0 Å². The summed E-state index contributed by atoms with van der Waals surface area (Å²) in [7, 11) is 0. The maximum Gasteiger partial charge on any atom is 0.471 e. The van der Waals surface area contributed by atoms with Crippen molar-refractivity contribution >= 4 is 5.91 Å². The van der Waals surface area contributed by atoms with E-state index in [-0.39, 0.29) is 13.1 Å². The highest BCUT2D eigenvalue weighted by Crippen LogP contribution is 2.24. The van der Waals surface area contributed by atoms with Crippen LogP contribution in [0.3, 0.4) is 0 Å². The van der Waals surface area contributed by atoms with Crippen LogP contribution in [-0.2, 0) is 17.8 Å². The number of alkyl halides is 3. The molecule has 0 aromatic heterocycles. The van der Waals surface area contributed by atoms with Gasteiger partial charge in [0.15, 0.2) is 0 Å². The first-order chi connectivity index (χ1) is 7.48. The highest BCUT2D eigenvalue weighted by Gasteiger charge is 2.43. The first-order valence-electron chi connectivity index (χ1n) is 4.83. The maximum absolute atomic E-state index is 12.2. The van der Waals surface area contributed by atoms with E-state index in [9.17, 15) is 18.0 Å². The Morgan fingerprint density at radius 3 is 2.88 bits per heavy atom. The second-order valence-corrected chi connectivity index (χ2v) is 3.65. The summed E-state index contributed by atoms with van der Waals surface area (Å²) in [5.41, 5.74) is 1.64. The molecular weight excluding hydrogens is 219 g/mol. The predicted octanol–water partition coefficient (Wildman–Crippen LogP) is 1.93. The van der Waals surface area contributed by atoms with Crippen LogP contribution in [-0.4, -0.2) is 23.5 Å². The number of hydrogen-bond acceptors (Lipinski definition) is 1. The fourth-order valence-corrected chi connectivity index (χ4v) is 1.77. The second-order valence-electron chi connectivity index (χ2n) is 3.65. The molecule has 1 aliphatic heterocycles. The van der Waals surface area contributed by atoms with Gasteiger partial charge in [-0.2, -0.15) is 13.2 Å². The molecule has 1 aliphatic rings. The summed E-state index contributed by atoms with van der Waals surface area (Å²) >= 11 is 0. The van der Waals surface area contributed by atoms with Crippen molar-refractivity contribution in [1.82, 2.24) is 4.90 Å². The lowest BCUT2D eigenvalue weighted by atomic mass is 10.00. The van der Waals surface area contributed by atoms with E-state index < -0.39 is 12.1 Å². The molecule has 5 heteroatoms. The predicted molar refractivity (Wildman–Crippen MR) is 50.5 cm³/mol. The first-order valence-corrected chi connectivity index (χ1v) is 4.83. The van der Waals surface area contributed by atoms with Gasteiger partial charge in [0, 0.05) is 13.1 Å². The van der Waals surface area contributed by atoms with Crippen molar-refractivity contribution < 1.29 is 18.0 Å². The third-order valence-electron chi connectivity index (χ3n) is 2.57. The Balaban J connectivity index is 2.17. The Labute approximate surface area is 90.7 Å². The van der Waals surface area contributed by atoms with E-state index in [1.807, 2.05) is 6.07 Å². The molecule has 85 valence electrons. The normalized spacial score (nSPS) is 15.8. The lowest BCUT2D eigenvalue weighted by Gasteiger charge is -2.29. The van der Waals surface area contributed by atoms with Crippen LogP contribution in [0.2, 0.25) is 0 Å². The smallest absolute Gasteiger partial charge is 0.330 e. The summed E-state index contributed by atoms with van der Waals surface area (Å²) in [4.78, 5) is 11.8. The first kappa shape index (κ1) is 11.0. The van der Waals surface area contributed by atoms with Crippen LogP contribution in [0, 0.1) is 6.07 Å². The topological polar surface area (TPSA) is 20.3 Å². The van der Waals surface area contributed by atoms with Crippen molar-refractivity contribution in [3.05, 3.63) is 35.4 Å². The van der Waals surface area contributed by atoms with Crippen LogP contribution in [0.4, 0.5) is 13.2 Å². The summed E-state index contributed by atoms with van der Waals surface area (Å²) in [5.74, 6) is -1.77. The summed E-state index contributed by atoms with van der Waals surface area (Å²) in [5, 5.41) is 0. The number of fused-ring (bicyclic) bond motifs is 1. The zero-order chi connectivity index (χ0) is 11.8. The average molecular weight is 228 g/mol. The Morgan fingerprint density at radius 2 is 2.19 bits per heavy atom. The summed E-state index contributed by atoms with van der Waals surface area (Å²) < 4.78 is 36.6. The van der Waals surface area contributed by atoms with E-state index in [0.29, 0.717) is 12.0 Å². The van der Waals surface area contributed by atoms with Gasteiger partial charge in [0.05, 0.1) is 0 Å². The van der Waals surface area contributed by atoms with Crippen LogP contribution in [0.1, 0.15) is 11.1 Å². The minimum absolute atomic E-state index is 0.00544. The van der Waals surface area contributed by atoms with Crippen LogP contribution < -0.4 is 0 Å². The number of rotatable bonds is 0. The summed E-state index contributed by atoms with van der Waals surface area (Å²) in [6.45, 7) is 0.109. The minimum Gasteiger partial charge on any atom is -0.330 e. The molecule has 0 unspecified atom stereocenters. The largest absolute Gasteiger partial charge is 0.471 e. The number of amides is 1. The lowest BCUT2D eigenvalue weighted by Crippen LogP contribution is -2.43. The quantitative estimate of drug-likeness (QED) is 0.664. The van der Waals surface area contributed by atoms with Crippen molar-refractivity contribution in [3.63, 3.8) is 0 Å². The molecule has 0 spiro atoms. The summed E-state index contributed by atoms with van der Waals surface area (Å²) in [6, 6.07) is 8.14. The molecule has 1 heterocycles. The number of carbonyl (C=O) groups is 1. The summed E-state index contributed by atoms with van der Waals surface area (Å²) in [6.07, 6.45) is -4.33. The number of carbonyl (C=O) groups excluding carboxylic acids is 1. The van der Waals surface area contributed by atoms with Gasteiger partial charge in [-0.3, -0.25) is 4.79 Å². The molecule has 2 rings (SSSR count). The Morgan fingerprint density at radius 1 is 1.44 bits per heavy atom. The Kier molecular flexibility index (Phi) is 2.61. The average Bonchev–Trinajstić information content (AvgIpc) is 2.26. The van der Waals surface area contributed by atoms with Crippen LogP contribution in [0.5, 0.6) is 0 Å². The van der Waals surface area contributed by atoms with Gasteiger partial charge in [0.2, 0.25) is 0 Å². The molecule has 0 N–H and O–H groups in total. The standard InChI is InChI=1S/C11H9F3NO/c12-11(13,14)10(16)15-6-5-8-3-1-2-4-9(8)7-15/h1-3H,5-7H2. The molecule has 0 saturated carbocycles. The van der Waals surface area contributed by atoms with Gasteiger partial charge in [0.25, 0.3) is 0 Å². The van der Waals surface area contributed by atoms with Crippen molar-refractivity contribution in [3.8, 4) is 0 Å². The molecule has 0 atom stereocenters. The third-order valence-corrected chi connectivity index (χ3v) is 2.57. The molecule has 1 aromatic carbocycles. The van der Waals surface area contributed by atoms with Crippen molar-refractivity contribution in [2.45, 2.75) is 19.1 Å². The van der Waals surface area contributed by atoms with E-state index in [1.165, 1.54) is 0 Å². The molecule has 0 bridgehead atoms. The van der Waals surface area contributed by atoms with Crippen LogP contribution in [0.15, 0.2) is 18.2 Å². The van der Waals surface area contributed by atoms with Crippen molar-refractivity contribution in [1.29, 1.82) is 0 Å². The molecule has 1 aromatic rings. The number of hydrogen-bond donors (Lipinski definition) is 0. The molecule has 1 radical (unpaired) electrons. The van der Waals surface area contributed by atoms with Gasteiger partial charge in [-0.15, -0.1) is 0 Å². The number of nitrogens with zero attached hydrogens (tertiary/aromatic N) is 1. The molecule has 0 fully saturated rings. The van der Waals surface area contributed by atoms with Gasteiger partial charge < -0.3 is 4.90 Å². The molecule has 1 amide bonds. The van der Waals surface area contributed by atoms with Crippen LogP contribution >= 0.6 is 0 Å². The zero-order valence-corrected chi connectivity index (χ0v) is 8.34. The molecular formula is C11H9F3NO. The van der Waals surface area contributed by atoms with Gasteiger partial charge in [0.1, 0.15) is 0 Å². The van der Waals surface area contributed by atoms with E-state index in [0.717, 1.165) is 10.5 Å². The highest BCUT2D eigenvalue weighted by molar-refractivity contribution is 5.82. The zero-order valence-electron chi connectivity index (χ0n) is 8.34. The van der Waals surface area contributed by atoms with Gasteiger partial charge in [-0.25, -0.2) is 0 Å². The minimum atomic E-state index is -4.79. The second kappa shape index (κ2) is 3.81. The molecule has 0 saturated heterocycles. The monoisotopic (exact) mass is 228 g/mol. The van der Waals surface area contributed by atoms with E-state index in [1.54, 1.807) is 12.1 Å². The van der Waals surface area contributed by atoms with Gasteiger partial charge in [-0.1, -0.05) is 18.2 Å². The molecule has 16 heavy (non-hydrogen) atoms. The van der Waals surface area contributed by atoms with Crippen LogP contribution in [0.25, 0.3) is 0 Å². The maximum atomic E-state index is 12.2. The Bertz CT molecular complexity index is 414. The number of benzene rings is 1. The fraction of sp³-hybridized carbons (Fsp3) is 0.364. The SMILES string of the molecule is O=C(N1CCc2ccc[c]c2C1)C(F)(F)F. The van der Waals surface area contributed by atoms with E-state index in [4.69, 9.17) is 0 Å². The Hall–Kier alpha value is -1.52.